The van der Waals surface area contributed by atoms with Crippen LogP contribution < -0.4 is 10.6 Å². The molecule has 4 rings (SSSR count). The maximum Gasteiger partial charge on any atom is 0.317 e. The average molecular weight is 402 g/mol. The zero-order valence-corrected chi connectivity index (χ0v) is 16.8. The van der Waals surface area contributed by atoms with Crippen molar-refractivity contribution in [3.63, 3.8) is 0 Å². The Morgan fingerprint density at radius 2 is 2.03 bits per heavy atom. The zero-order chi connectivity index (χ0) is 20.2. The number of aliphatic hydroxyl groups excluding tert-OH is 1. The van der Waals surface area contributed by atoms with Crippen LogP contribution in [-0.4, -0.2) is 59.3 Å². The molecule has 4 aliphatic rings. The average Bonchev–Trinajstić information content (AvgIpc) is 3.54. The molecule has 158 valence electrons. The summed E-state index contributed by atoms with van der Waals surface area (Å²) in [7, 11) is 0. The molecule has 3 aliphatic carbocycles. The van der Waals surface area contributed by atoms with Crippen molar-refractivity contribution in [2.45, 2.75) is 69.2 Å². The second-order valence-corrected chi connectivity index (χ2v) is 8.39. The van der Waals surface area contributed by atoms with E-state index in [1.54, 1.807) is 6.08 Å². The number of hydrogen-bond acceptors (Lipinski definition) is 4. The van der Waals surface area contributed by atoms with Crippen molar-refractivity contribution < 1.29 is 19.4 Å². The minimum absolute atomic E-state index is 0.00248. The molecule has 29 heavy (non-hydrogen) atoms. The van der Waals surface area contributed by atoms with Gasteiger partial charge in [-0.25, -0.2) is 4.79 Å². The zero-order valence-electron chi connectivity index (χ0n) is 16.8. The Balaban J connectivity index is 1.19. The summed E-state index contributed by atoms with van der Waals surface area (Å²) in [5.41, 5.74) is 0. The first kappa shape index (κ1) is 20.0. The van der Waals surface area contributed by atoms with Crippen LogP contribution in [0.15, 0.2) is 36.1 Å². The van der Waals surface area contributed by atoms with E-state index in [1.165, 1.54) is 0 Å². The highest BCUT2D eigenvalue weighted by molar-refractivity contribution is 5.89. The lowest BCUT2D eigenvalue weighted by atomic mass is 9.91. The molecule has 7 heteroatoms. The van der Waals surface area contributed by atoms with E-state index >= 15 is 0 Å². The van der Waals surface area contributed by atoms with Crippen molar-refractivity contribution in [1.29, 1.82) is 0 Å². The molecular weight excluding hydrogens is 370 g/mol. The smallest absolute Gasteiger partial charge is 0.317 e. The summed E-state index contributed by atoms with van der Waals surface area (Å²) < 4.78 is 5.82. The van der Waals surface area contributed by atoms with E-state index in [9.17, 15) is 14.7 Å². The van der Waals surface area contributed by atoms with Crippen LogP contribution in [0.3, 0.4) is 0 Å². The first-order valence-corrected chi connectivity index (χ1v) is 10.9. The molecule has 0 aromatic heterocycles. The number of rotatable bonds is 7. The van der Waals surface area contributed by atoms with Gasteiger partial charge in [0.05, 0.1) is 24.8 Å². The van der Waals surface area contributed by atoms with E-state index < -0.39 is 6.10 Å². The lowest BCUT2D eigenvalue weighted by molar-refractivity contribution is -0.117. The van der Waals surface area contributed by atoms with Gasteiger partial charge in [0.25, 0.3) is 0 Å². The van der Waals surface area contributed by atoms with Crippen molar-refractivity contribution in [1.82, 2.24) is 15.5 Å². The van der Waals surface area contributed by atoms with E-state index in [0.29, 0.717) is 25.6 Å². The van der Waals surface area contributed by atoms with E-state index in [1.807, 2.05) is 29.2 Å². The SMILES string of the molecule is O=C1C=CC2C=C(OCCCNC(=O)N(C3CC3)[C@@H]3CCCC[C@H]3O)C=CC2N1. The Bertz CT molecular complexity index is 713. The molecule has 2 fully saturated rings. The number of nitrogens with one attached hydrogen (secondary N) is 2. The van der Waals surface area contributed by atoms with Crippen LogP contribution in [0.4, 0.5) is 4.79 Å². The van der Waals surface area contributed by atoms with Crippen molar-refractivity contribution in [2.24, 2.45) is 5.92 Å². The molecule has 0 aromatic carbocycles. The Labute approximate surface area is 171 Å². The largest absolute Gasteiger partial charge is 0.494 e. The molecule has 4 atom stereocenters. The second kappa shape index (κ2) is 9.03. The maximum absolute atomic E-state index is 12.7. The number of allylic oxidation sites excluding steroid dienone is 1. The van der Waals surface area contributed by atoms with E-state index in [2.05, 4.69) is 10.6 Å². The fraction of sp³-hybridized carbons (Fsp3) is 0.636. The summed E-state index contributed by atoms with van der Waals surface area (Å²) in [6.07, 6.45) is 15.5. The molecule has 7 nitrogen and oxygen atoms in total. The molecule has 0 radical (unpaired) electrons. The van der Waals surface area contributed by atoms with Gasteiger partial charge in [-0.3, -0.25) is 4.79 Å². The Morgan fingerprint density at radius 3 is 2.83 bits per heavy atom. The molecule has 1 aliphatic heterocycles. The maximum atomic E-state index is 12.7. The van der Waals surface area contributed by atoms with E-state index in [0.717, 1.165) is 44.3 Å². The summed E-state index contributed by atoms with van der Waals surface area (Å²) in [4.78, 5) is 26.0. The highest BCUT2D eigenvalue weighted by Crippen LogP contribution is 2.34. The predicted molar refractivity (Wildman–Crippen MR) is 109 cm³/mol. The standard InChI is InChI=1S/C22H31N3O4/c26-20-5-2-1-4-19(20)25(16-7-8-16)22(28)23-12-3-13-29-17-9-10-18-15(14-17)6-11-21(27)24-18/h6,9-11,14-16,18-20,26H,1-5,7-8,12-13H2,(H,23,28)(H,24,27)/t15?,18?,19-,20-/m1/s1. The van der Waals surface area contributed by atoms with Crippen LogP contribution in [0.5, 0.6) is 0 Å². The molecular formula is C22H31N3O4. The minimum atomic E-state index is -0.397. The van der Waals surface area contributed by atoms with Gasteiger partial charge in [0, 0.05) is 18.5 Å². The number of hydrogen-bond donors (Lipinski definition) is 3. The first-order valence-electron chi connectivity index (χ1n) is 10.9. The third-order valence-corrected chi connectivity index (χ3v) is 6.11. The number of ether oxygens (including phenoxy) is 1. The monoisotopic (exact) mass is 401 g/mol. The van der Waals surface area contributed by atoms with Gasteiger partial charge in [0.2, 0.25) is 5.91 Å². The van der Waals surface area contributed by atoms with Gasteiger partial charge in [-0.2, -0.15) is 0 Å². The summed E-state index contributed by atoms with van der Waals surface area (Å²) >= 11 is 0. The van der Waals surface area contributed by atoms with Gasteiger partial charge in [-0.15, -0.1) is 0 Å². The minimum Gasteiger partial charge on any atom is -0.494 e. The van der Waals surface area contributed by atoms with Crippen LogP contribution in [0.2, 0.25) is 0 Å². The van der Waals surface area contributed by atoms with Gasteiger partial charge in [-0.1, -0.05) is 25.0 Å². The summed E-state index contributed by atoms with van der Waals surface area (Å²) in [5.74, 6) is 0.857. The predicted octanol–water partition coefficient (Wildman–Crippen LogP) is 2.00. The third kappa shape index (κ3) is 5.01. The van der Waals surface area contributed by atoms with Crippen molar-refractivity contribution in [3.8, 4) is 0 Å². The number of aliphatic hydroxyl groups is 1. The molecule has 0 saturated heterocycles. The number of nitrogens with zero attached hydrogens (tertiary/aromatic N) is 1. The van der Waals surface area contributed by atoms with Crippen LogP contribution in [-0.2, 0) is 9.53 Å². The fourth-order valence-corrected chi connectivity index (χ4v) is 4.41. The fourth-order valence-electron chi connectivity index (χ4n) is 4.41. The topological polar surface area (TPSA) is 90.9 Å². The van der Waals surface area contributed by atoms with Crippen molar-refractivity contribution in [3.05, 3.63) is 36.1 Å². The Hall–Kier alpha value is -2.28. The summed E-state index contributed by atoms with van der Waals surface area (Å²) in [6, 6.07) is 0.198. The van der Waals surface area contributed by atoms with E-state index in [4.69, 9.17) is 4.74 Å². The molecule has 3 N–H and O–H groups in total. The normalized spacial score (nSPS) is 30.8. The molecule has 0 spiro atoms. The van der Waals surface area contributed by atoms with Crippen molar-refractivity contribution >= 4 is 11.9 Å². The Kier molecular flexibility index (Phi) is 6.23. The molecule has 0 bridgehead atoms. The lowest BCUT2D eigenvalue weighted by Crippen LogP contribution is -2.53. The summed E-state index contributed by atoms with van der Waals surface area (Å²) in [5, 5.41) is 16.2. The van der Waals surface area contributed by atoms with Crippen molar-refractivity contribution in [2.75, 3.05) is 13.2 Å². The number of amides is 3. The van der Waals surface area contributed by atoms with Gasteiger partial charge >= 0.3 is 6.03 Å². The number of fused-ring (bicyclic) bond motifs is 1. The van der Waals surface area contributed by atoms with Crippen LogP contribution in [0.1, 0.15) is 44.9 Å². The van der Waals surface area contributed by atoms with Crippen LogP contribution in [0.25, 0.3) is 0 Å². The lowest BCUT2D eigenvalue weighted by Gasteiger charge is -2.37. The highest BCUT2D eigenvalue weighted by atomic mass is 16.5. The van der Waals surface area contributed by atoms with Crippen LogP contribution in [0, 0.1) is 5.92 Å². The van der Waals surface area contributed by atoms with Crippen LogP contribution >= 0.6 is 0 Å². The molecule has 0 aromatic rings. The number of carbonyl (C=O) groups is 2. The van der Waals surface area contributed by atoms with Gasteiger partial charge < -0.3 is 25.4 Å². The van der Waals surface area contributed by atoms with Gasteiger partial charge in [0.15, 0.2) is 0 Å². The highest BCUT2D eigenvalue weighted by Gasteiger charge is 2.40. The Morgan fingerprint density at radius 1 is 1.21 bits per heavy atom. The van der Waals surface area contributed by atoms with E-state index in [-0.39, 0.29) is 29.9 Å². The quantitative estimate of drug-likeness (QED) is 0.569. The molecule has 1 heterocycles. The molecule has 2 unspecified atom stereocenters. The number of carbonyl (C=O) groups excluding carboxylic acids is 2. The number of urea groups is 1. The van der Waals surface area contributed by atoms with Gasteiger partial charge in [-0.05, 0) is 50.3 Å². The molecule has 2 saturated carbocycles. The summed E-state index contributed by atoms with van der Waals surface area (Å²) in [6.45, 7) is 1.06. The molecule has 3 amide bonds. The first-order chi connectivity index (χ1) is 14.1. The second-order valence-electron chi connectivity index (χ2n) is 8.39. The van der Waals surface area contributed by atoms with Gasteiger partial charge in [0.1, 0.15) is 5.76 Å². The third-order valence-electron chi connectivity index (χ3n) is 6.11.